The number of hydrogen-bond acceptors (Lipinski definition) is 2. The fourth-order valence-corrected chi connectivity index (χ4v) is 3.56. The molecule has 0 bridgehead atoms. The van der Waals surface area contributed by atoms with Gasteiger partial charge in [-0.25, -0.2) is 0 Å². The molecule has 19 heavy (non-hydrogen) atoms. The molecule has 1 saturated carbocycles. The molecule has 0 aromatic heterocycles. The van der Waals surface area contributed by atoms with Gasteiger partial charge in [0.15, 0.2) is 0 Å². The molecule has 0 radical (unpaired) electrons. The van der Waals surface area contributed by atoms with Gasteiger partial charge in [0.25, 0.3) is 0 Å². The second-order valence-electron chi connectivity index (χ2n) is 5.72. The number of fused-ring (bicyclic) bond motifs is 1. The number of rotatable bonds is 1. The molecule has 102 valence electrons. The van der Waals surface area contributed by atoms with Crippen molar-refractivity contribution in [2.45, 2.75) is 44.2 Å². The molecule has 1 fully saturated rings. The maximum Gasteiger partial charge on any atom is 0.242 e. The summed E-state index contributed by atoms with van der Waals surface area (Å²) in [4.78, 5) is 14.5. The van der Waals surface area contributed by atoms with Crippen LogP contribution in [0, 0.1) is 0 Å². The molecule has 0 saturated heterocycles. The number of amides is 1. The maximum atomic E-state index is 12.6. The summed E-state index contributed by atoms with van der Waals surface area (Å²) in [5.74, 6) is 0.121. The van der Waals surface area contributed by atoms with Crippen molar-refractivity contribution < 1.29 is 4.79 Å². The fraction of sp³-hybridized carbons (Fsp3) is 0.533. The van der Waals surface area contributed by atoms with Gasteiger partial charge in [0.05, 0.1) is 5.54 Å². The molecule has 1 aliphatic heterocycles. The van der Waals surface area contributed by atoms with Crippen LogP contribution >= 0.6 is 11.6 Å². The van der Waals surface area contributed by atoms with Crippen LogP contribution in [-0.4, -0.2) is 22.9 Å². The number of carbonyl (C=O) groups excluding carboxylic acids is 1. The van der Waals surface area contributed by atoms with Crippen LogP contribution in [0.1, 0.15) is 36.8 Å². The van der Waals surface area contributed by atoms with E-state index in [-0.39, 0.29) is 5.91 Å². The first-order valence-electron chi connectivity index (χ1n) is 6.95. The third kappa shape index (κ3) is 2.26. The number of carbonyl (C=O) groups is 1. The van der Waals surface area contributed by atoms with Crippen LogP contribution in [-0.2, 0) is 17.8 Å². The molecular formula is C15H19ClN2O. The third-order valence-electron chi connectivity index (χ3n) is 4.42. The molecule has 0 spiro atoms. The van der Waals surface area contributed by atoms with Crippen molar-refractivity contribution in [3.63, 3.8) is 0 Å². The maximum absolute atomic E-state index is 12.6. The molecule has 1 amide bonds. The summed E-state index contributed by atoms with van der Waals surface area (Å²) in [5, 5.41) is 0.813. The second-order valence-corrected chi connectivity index (χ2v) is 6.12. The van der Waals surface area contributed by atoms with E-state index in [2.05, 4.69) is 6.07 Å². The normalized spacial score (nSPS) is 21.3. The van der Waals surface area contributed by atoms with Gasteiger partial charge in [0.1, 0.15) is 0 Å². The highest BCUT2D eigenvalue weighted by atomic mass is 35.5. The lowest BCUT2D eigenvalue weighted by Crippen LogP contribution is -2.54. The first kappa shape index (κ1) is 12.9. The van der Waals surface area contributed by atoms with E-state index in [4.69, 9.17) is 17.3 Å². The zero-order valence-electron chi connectivity index (χ0n) is 11.0. The van der Waals surface area contributed by atoms with Crippen molar-refractivity contribution in [1.29, 1.82) is 0 Å². The number of nitrogens with zero attached hydrogens (tertiary/aromatic N) is 1. The largest absolute Gasteiger partial charge is 0.336 e. The summed E-state index contributed by atoms with van der Waals surface area (Å²) in [6, 6.07) is 5.92. The molecule has 3 nitrogen and oxygen atoms in total. The van der Waals surface area contributed by atoms with Gasteiger partial charge in [-0.1, -0.05) is 36.6 Å². The lowest BCUT2D eigenvalue weighted by Gasteiger charge is -2.35. The van der Waals surface area contributed by atoms with E-state index in [9.17, 15) is 4.79 Å². The standard InChI is InChI=1S/C15H19ClN2O/c16-13-5-3-4-11-10-18(9-6-12(11)13)14(19)15(17)7-1-2-8-15/h3-5H,1-2,6-10,17H2. The molecule has 0 atom stereocenters. The molecule has 1 aromatic rings. The Morgan fingerprint density at radius 2 is 2.05 bits per heavy atom. The van der Waals surface area contributed by atoms with E-state index < -0.39 is 5.54 Å². The summed E-state index contributed by atoms with van der Waals surface area (Å²) < 4.78 is 0. The summed E-state index contributed by atoms with van der Waals surface area (Å²) >= 11 is 6.20. The highest BCUT2D eigenvalue weighted by Gasteiger charge is 2.40. The summed E-state index contributed by atoms with van der Waals surface area (Å²) in [6.45, 7) is 1.38. The average Bonchev–Trinajstić information content (AvgIpc) is 2.86. The molecule has 1 aliphatic carbocycles. The highest BCUT2D eigenvalue weighted by molar-refractivity contribution is 6.31. The first-order chi connectivity index (χ1) is 9.10. The van der Waals surface area contributed by atoms with Crippen LogP contribution in [0.5, 0.6) is 0 Å². The number of hydrogen-bond donors (Lipinski definition) is 1. The zero-order valence-corrected chi connectivity index (χ0v) is 11.7. The highest BCUT2D eigenvalue weighted by Crippen LogP contribution is 2.32. The summed E-state index contributed by atoms with van der Waals surface area (Å²) in [5.41, 5.74) is 8.00. The van der Waals surface area contributed by atoms with E-state index in [1.54, 1.807) is 0 Å². The minimum Gasteiger partial charge on any atom is -0.336 e. The minimum absolute atomic E-state index is 0.121. The Morgan fingerprint density at radius 1 is 1.32 bits per heavy atom. The summed E-state index contributed by atoms with van der Waals surface area (Å²) in [6.07, 6.45) is 4.61. The topological polar surface area (TPSA) is 46.3 Å². The molecule has 1 aromatic carbocycles. The van der Waals surface area contributed by atoms with Crippen LogP contribution in [0.4, 0.5) is 0 Å². The number of nitrogens with two attached hydrogens (primary N) is 1. The van der Waals surface area contributed by atoms with Gasteiger partial charge in [-0.3, -0.25) is 4.79 Å². The minimum atomic E-state index is -0.615. The molecule has 3 rings (SSSR count). The Labute approximate surface area is 118 Å². The van der Waals surface area contributed by atoms with Gasteiger partial charge < -0.3 is 10.6 Å². The smallest absolute Gasteiger partial charge is 0.242 e. The Morgan fingerprint density at radius 3 is 2.79 bits per heavy atom. The number of benzene rings is 1. The average molecular weight is 279 g/mol. The van der Waals surface area contributed by atoms with E-state index in [0.29, 0.717) is 6.54 Å². The SMILES string of the molecule is NC1(C(=O)N2CCc3c(Cl)cccc3C2)CCCC1. The van der Waals surface area contributed by atoms with Crippen molar-refractivity contribution in [3.8, 4) is 0 Å². The zero-order chi connectivity index (χ0) is 13.5. The van der Waals surface area contributed by atoms with Gasteiger partial charge in [0, 0.05) is 18.1 Å². The predicted molar refractivity (Wildman–Crippen MR) is 76.0 cm³/mol. The van der Waals surface area contributed by atoms with Crippen LogP contribution in [0.3, 0.4) is 0 Å². The molecule has 2 N–H and O–H groups in total. The van der Waals surface area contributed by atoms with Crippen molar-refractivity contribution in [2.75, 3.05) is 6.54 Å². The Balaban J connectivity index is 1.80. The summed E-state index contributed by atoms with van der Waals surface area (Å²) in [7, 11) is 0. The quantitative estimate of drug-likeness (QED) is 0.858. The van der Waals surface area contributed by atoms with Crippen LogP contribution < -0.4 is 5.73 Å². The van der Waals surface area contributed by atoms with Gasteiger partial charge in [-0.15, -0.1) is 0 Å². The lowest BCUT2D eigenvalue weighted by atomic mass is 9.94. The Bertz CT molecular complexity index is 509. The van der Waals surface area contributed by atoms with Crippen LogP contribution in [0.25, 0.3) is 0 Å². The molecule has 0 unspecified atom stereocenters. The molecular weight excluding hydrogens is 260 g/mol. The lowest BCUT2D eigenvalue weighted by molar-refractivity contribution is -0.137. The second kappa shape index (κ2) is 4.80. The van der Waals surface area contributed by atoms with Gasteiger partial charge >= 0.3 is 0 Å². The third-order valence-corrected chi connectivity index (χ3v) is 4.77. The Hall–Kier alpha value is -1.06. The first-order valence-corrected chi connectivity index (χ1v) is 7.32. The van der Waals surface area contributed by atoms with Crippen molar-refractivity contribution >= 4 is 17.5 Å². The van der Waals surface area contributed by atoms with Gasteiger partial charge in [0.2, 0.25) is 5.91 Å². The fourth-order valence-electron chi connectivity index (χ4n) is 3.27. The van der Waals surface area contributed by atoms with Gasteiger partial charge in [-0.05, 0) is 36.5 Å². The number of halogens is 1. The predicted octanol–water partition coefficient (Wildman–Crippen LogP) is 2.50. The van der Waals surface area contributed by atoms with Crippen molar-refractivity contribution in [1.82, 2.24) is 4.90 Å². The monoisotopic (exact) mass is 278 g/mol. The molecule has 2 aliphatic rings. The van der Waals surface area contributed by atoms with E-state index in [1.165, 1.54) is 5.56 Å². The van der Waals surface area contributed by atoms with Crippen molar-refractivity contribution in [2.24, 2.45) is 5.73 Å². The molecule has 1 heterocycles. The van der Waals surface area contributed by atoms with Crippen LogP contribution in [0.15, 0.2) is 18.2 Å². The van der Waals surface area contributed by atoms with Crippen LogP contribution in [0.2, 0.25) is 5.02 Å². The van der Waals surface area contributed by atoms with Crippen molar-refractivity contribution in [3.05, 3.63) is 34.3 Å². The van der Waals surface area contributed by atoms with Gasteiger partial charge in [-0.2, -0.15) is 0 Å². The van der Waals surface area contributed by atoms with E-state index in [1.807, 2.05) is 17.0 Å². The molecule has 4 heteroatoms. The van der Waals surface area contributed by atoms with E-state index >= 15 is 0 Å². The van der Waals surface area contributed by atoms with E-state index in [0.717, 1.165) is 49.2 Å². The Kier molecular flexibility index (Phi) is 3.27.